The Balaban J connectivity index is 2.41. The second kappa shape index (κ2) is 5.08. The molecule has 1 rings (SSSR count). The standard InChI is InChI=1S/C11H22N2S/c1-8-4-5-13(7-9(8)2)10(3)6-11(12)14/h8-10H,4-7H2,1-3H3,(H2,12,14). The Hall–Kier alpha value is -0.150. The van der Waals surface area contributed by atoms with Crippen molar-refractivity contribution in [3.05, 3.63) is 0 Å². The highest BCUT2D eigenvalue weighted by atomic mass is 32.1. The smallest absolute Gasteiger partial charge is 0.0742 e. The average molecular weight is 214 g/mol. The van der Waals surface area contributed by atoms with Gasteiger partial charge in [0, 0.05) is 19.0 Å². The van der Waals surface area contributed by atoms with Crippen LogP contribution in [0.25, 0.3) is 0 Å². The van der Waals surface area contributed by atoms with E-state index in [0.29, 0.717) is 11.0 Å². The minimum Gasteiger partial charge on any atom is -0.393 e. The highest BCUT2D eigenvalue weighted by Crippen LogP contribution is 2.24. The summed E-state index contributed by atoms with van der Waals surface area (Å²) in [5, 5.41) is 0. The van der Waals surface area contributed by atoms with Crippen molar-refractivity contribution < 1.29 is 0 Å². The van der Waals surface area contributed by atoms with E-state index in [1.807, 2.05) is 0 Å². The molecule has 1 aliphatic rings. The first-order valence-corrected chi connectivity index (χ1v) is 5.94. The summed E-state index contributed by atoms with van der Waals surface area (Å²) in [7, 11) is 0. The van der Waals surface area contributed by atoms with Crippen molar-refractivity contribution >= 4 is 17.2 Å². The number of nitrogens with zero attached hydrogens (tertiary/aromatic N) is 1. The van der Waals surface area contributed by atoms with E-state index < -0.39 is 0 Å². The van der Waals surface area contributed by atoms with Crippen molar-refractivity contribution in [3.63, 3.8) is 0 Å². The van der Waals surface area contributed by atoms with Gasteiger partial charge in [-0.25, -0.2) is 0 Å². The van der Waals surface area contributed by atoms with E-state index in [1.165, 1.54) is 19.5 Å². The molecule has 0 saturated carbocycles. The van der Waals surface area contributed by atoms with Crippen LogP contribution in [0.5, 0.6) is 0 Å². The Morgan fingerprint density at radius 1 is 1.50 bits per heavy atom. The zero-order valence-corrected chi connectivity index (χ0v) is 10.3. The maximum Gasteiger partial charge on any atom is 0.0742 e. The molecule has 0 aromatic heterocycles. The number of nitrogens with two attached hydrogens (primary N) is 1. The van der Waals surface area contributed by atoms with Crippen LogP contribution in [0.1, 0.15) is 33.6 Å². The first-order chi connectivity index (χ1) is 6.50. The number of hydrogen-bond donors (Lipinski definition) is 1. The summed E-state index contributed by atoms with van der Waals surface area (Å²) in [5.41, 5.74) is 5.57. The van der Waals surface area contributed by atoms with E-state index in [4.69, 9.17) is 18.0 Å². The molecule has 82 valence electrons. The molecule has 0 aliphatic carbocycles. The van der Waals surface area contributed by atoms with Gasteiger partial charge in [0.25, 0.3) is 0 Å². The summed E-state index contributed by atoms with van der Waals surface area (Å²) < 4.78 is 0. The van der Waals surface area contributed by atoms with Gasteiger partial charge in [0.1, 0.15) is 0 Å². The van der Waals surface area contributed by atoms with Crippen LogP contribution in [0.15, 0.2) is 0 Å². The third kappa shape index (κ3) is 3.21. The summed E-state index contributed by atoms with van der Waals surface area (Å²) in [4.78, 5) is 3.16. The van der Waals surface area contributed by atoms with Crippen LogP contribution in [0.2, 0.25) is 0 Å². The summed E-state index contributed by atoms with van der Waals surface area (Å²) in [6.07, 6.45) is 2.17. The topological polar surface area (TPSA) is 29.3 Å². The molecule has 1 heterocycles. The maximum atomic E-state index is 5.57. The summed E-state index contributed by atoms with van der Waals surface area (Å²) >= 11 is 4.94. The van der Waals surface area contributed by atoms with Crippen LogP contribution < -0.4 is 5.73 Å². The molecular weight excluding hydrogens is 192 g/mol. The SMILES string of the molecule is CC1CCN(C(C)CC(N)=S)CC1C. The zero-order chi connectivity index (χ0) is 10.7. The van der Waals surface area contributed by atoms with Crippen molar-refractivity contribution in [2.24, 2.45) is 17.6 Å². The monoisotopic (exact) mass is 214 g/mol. The lowest BCUT2D eigenvalue weighted by Gasteiger charge is -2.38. The minimum atomic E-state index is 0.516. The van der Waals surface area contributed by atoms with Gasteiger partial charge in [0.2, 0.25) is 0 Å². The van der Waals surface area contributed by atoms with E-state index in [1.54, 1.807) is 0 Å². The fraction of sp³-hybridized carbons (Fsp3) is 0.909. The highest BCUT2D eigenvalue weighted by Gasteiger charge is 2.25. The molecule has 0 spiro atoms. The van der Waals surface area contributed by atoms with Crippen molar-refractivity contribution in [2.45, 2.75) is 39.7 Å². The Kier molecular flexibility index (Phi) is 4.32. The molecule has 3 unspecified atom stereocenters. The number of piperidine rings is 1. The molecule has 0 aromatic rings. The fourth-order valence-corrected chi connectivity index (χ4v) is 2.36. The van der Waals surface area contributed by atoms with Gasteiger partial charge in [0.05, 0.1) is 4.99 Å². The number of thiocarbonyl (C=S) groups is 1. The molecule has 3 atom stereocenters. The minimum absolute atomic E-state index is 0.516. The van der Waals surface area contributed by atoms with Gasteiger partial charge in [-0.15, -0.1) is 0 Å². The summed E-state index contributed by atoms with van der Waals surface area (Å²) in [5.74, 6) is 1.67. The second-order valence-electron chi connectivity index (χ2n) is 4.76. The lowest BCUT2D eigenvalue weighted by molar-refractivity contribution is 0.105. The van der Waals surface area contributed by atoms with Gasteiger partial charge < -0.3 is 5.73 Å². The molecule has 14 heavy (non-hydrogen) atoms. The average Bonchev–Trinajstić information content (AvgIpc) is 2.08. The molecule has 0 amide bonds. The molecular formula is C11H22N2S. The van der Waals surface area contributed by atoms with Crippen LogP contribution in [-0.2, 0) is 0 Å². The van der Waals surface area contributed by atoms with Crippen LogP contribution >= 0.6 is 12.2 Å². The molecule has 1 aliphatic heterocycles. The number of rotatable bonds is 3. The molecule has 1 fully saturated rings. The van der Waals surface area contributed by atoms with Gasteiger partial charge in [-0.05, 0) is 31.7 Å². The predicted molar refractivity (Wildman–Crippen MR) is 65.4 cm³/mol. The van der Waals surface area contributed by atoms with Crippen LogP contribution in [-0.4, -0.2) is 29.0 Å². The normalized spacial score (nSPS) is 31.4. The fourth-order valence-electron chi connectivity index (χ4n) is 2.12. The van der Waals surface area contributed by atoms with Crippen LogP contribution in [0.3, 0.4) is 0 Å². The Morgan fingerprint density at radius 2 is 2.14 bits per heavy atom. The summed E-state index contributed by atoms with van der Waals surface area (Å²) in [6, 6.07) is 0.516. The van der Waals surface area contributed by atoms with E-state index in [2.05, 4.69) is 25.7 Å². The first-order valence-electron chi connectivity index (χ1n) is 5.53. The molecule has 2 nitrogen and oxygen atoms in total. The number of likely N-dealkylation sites (tertiary alicyclic amines) is 1. The van der Waals surface area contributed by atoms with E-state index in [0.717, 1.165) is 18.3 Å². The highest BCUT2D eigenvalue weighted by molar-refractivity contribution is 7.80. The molecule has 3 heteroatoms. The molecule has 0 radical (unpaired) electrons. The quantitative estimate of drug-likeness (QED) is 0.729. The van der Waals surface area contributed by atoms with E-state index in [-0.39, 0.29) is 0 Å². The van der Waals surface area contributed by atoms with Crippen molar-refractivity contribution in [1.29, 1.82) is 0 Å². The van der Waals surface area contributed by atoms with Crippen molar-refractivity contribution in [3.8, 4) is 0 Å². The lowest BCUT2D eigenvalue weighted by Crippen LogP contribution is -2.44. The second-order valence-corrected chi connectivity index (χ2v) is 5.28. The molecule has 2 N–H and O–H groups in total. The first kappa shape index (κ1) is 11.9. The van der Waals surface area contributed by atoms with E-state index >= 15 is 0 Å². The van der Waals surface area contributed by atoms with Crippen molar-refractivity contribution in [2.75, 3.05) is 13.1 Å². The van der Waals surface area contributed by atoms with Gasteiger partial charge in [-0.1, -0.05) is 26.1 Å². The Labute approximate surface area is 92.8 Å². The van der Waals surface area contributed by atoms with Gasteiger partial charge in [-0.3, -0.25) is 4.90 Å². The zero-order valence-electron chi connectivity index (χ0n) is 9.49. The molecule has 1 saturated heterocycles. The third-order valence-electron chi connectivity index (χ3n) is 3.49. The largest absolute Gasteiger partial charge is 0.393 e. The Bertz CT molecular complexity index is 205. The summed E-state index contributed by atoms with van der Waals surface area (Å²) in [6.45, 7) is 9.31. The number of hydrogen-bond acceptors (Lipinski definition) is 2. The van der Waals surface area contributed by atoms with Crippen LogP contribution in [0.4, 0.5) is 0 Å². The molecule has 0 aromatic carbocycles. The van der Waals surface area contributed by atoms with E-state index in [9.17, 15) is 0 Å². The van der Waals surface area contributed by atoms with Crippen LogP contribution in [0, 0.1) is 11.8 Å². The van der Waals surface area contributed by atoms with Crippen molar-refractivity contribution in [1.82, 2.24) is 4.90 Å². The maximum absolute atomic E-state index is 5.57. The predicted octanol–water partition coefficient (Wildman–Crippen LogP) is 2.03. The van der Waals surface area contributed by atoms with Gasteiger partial charge >= 0.3 is 0 Å². The van der Waals surface area contributed by atoms with Gasteiger partial charge in [-0.2, -0.15) is 0 Å². The third-order valence-corrected chi connectivity index (χ3v) is 3.65. The lowest BCUT2D eigenvalue weighted by atomic mass is 9.88. The Morgan fingerprint density at radius 3 is 2.64 bits per heavy atom. The molecule has 0 bridgehead atoms. The van der Waals surface area contributed by atoms with Gasteiger partial charge in [0.15, 0.2) is 0 Å².